The second kappa shape index (κ2) is 7.29. The maximum atomic E-state index is 12.4. The summed E-state index contributed by atoms with van der Waals surface area (Å²) in [7, 11) is 0. The highest BCUT2D eigenvalue weighted by molar-refractivity contribution is 7.99. The molecule has 0 saturated heterocycles. The van der Waals surface area contributed by atoms with E-state index in [4.69, 9.17) is 0 Å². The highest BCUT2D eigenvalue weighted by Gasteiger charge is 2.27. The molecule has 0 aliphatic heterocycles. The number of nitrogens with one attached hydrogen (secondary N) is 1. The van der Waals surface area contributed by atoms with Gasteiger partial charge in [0.2, 0.25) is 11.1 Å². The van der Waals surface area contributed by atoms with Crippen LogP contribution in [0.2, 0.25) is 0 Å². The number of aromatic amines is 1. The van der Waals surface area contributed by atoms with E-state index >= 15 is 0 Å². The van der Waals surface area contributed by atoms with E-state index in [0.29, 0.717) is 28.7 Å². The number of nitrogens with zero attached hydrogens (tertiary/aromatic N) is 3. The summed E-state index contributed by atoms with van der Waals surface area (Å²) in [6.45, 7) is 10.2. The molecule has 1 aliphatic carbocycles. The second-order valence-electron chi connectivity index (χ2n) is 6.65. The van der Waals surface area contributed by atoms with Crippen LogP contribution in [0.3, 0.4) is 0 Å². The predicted molar refractivity (Wildman–Crippen MR) is 85.3 cm³/mol. The molecule has 1 fully saturated rings. The first-order valence-electron chi connectivity index (χ1n) is 7.78. The first-order valence-corrected chi connectivity index (χ1v) is 8.77. The smallest absolute Gasteiger partial charge is 0.233 e. The Morgan fingerprint density at radius 3 is 2.43 bits per heavy atom. The van der Waals surface area contributed by atoms with Crippen LogP contribution in [0, 0.1) is 11.8 Å². The third kappa shape index (κ3) is 5.34. The van der Waals surface area contributed by atoms with Gasteiger partial charge in [-0.3, -0.25) is 9.89 Å². The van der Waals surface area contributed by atoms with Gasteiger partial charge in [0.25, 0.3) is 0 Å². The van der Waals surface area contributed by atoms with E-state index in [1.165, 1.54) is 24.6 Å². The minimum Gasteiger partial charge on any atom is -0.341 e. The van der Waals surface area contributed by atoms with E-state index in [1.807, 2.05) is 4.90 Å². The molecular formula is C15H26N4OS. The van der Waals surface area contributed by atoms with Crippen molar-refractivity contribution in [2.75, 3.05) is 18.8 Å². The molecule has 0 spiro atoms. The van der Waals surface area contributed by atoms with E-state index in [1.54, 1.807) is 0 Å². The molecule has 0 aromatic carbocycles. The zero-order valence-electron chi connectivity index (χ0n) is 13.4. The highest BCUT2D eigenvalue weighted by Crippen LogP contribution is 2.38. The minimum absolute atomic E-state index is 0.181. The van der Waals surface area contributed by atoms with Gasteiger partial charge in [0, 0.05) is 19.0 Å². The fourth-order valence-electron chi connectivity index (χ4n) is 2.24. The Morgan fingerprint density at radius 2 is 1.90 bits per heavy atom. The Labute approximate surface area is 131 Å². The summed E-state index contributed by atoms with van der Waals surface area (Å²) in [5.74, 6) is 3.12. The average molecular weight is 310 g/mol. The number of hydrogen-bond donors (Lipinski definition) is 1. The normalized spacial score (nSPS) is 15.0. The van der Waals surface area contributed by atoms with E-state index in [-0.39, 0.29) is 5.91 Å². The molecule has 1 heterocycles. The lowest BCUT2D eigenvalue weighted by Crippen LogP contribution is -2.38. The van der Waals surface area contributed by atoms with Gasteiger partial charge in [-0.05, 0) is 24.7 Å². The molecule has 1 N–H and O–H groups in total. The Morgan fingerprint density at radius 1 is 1.29 bits per heavy atom. The van der Waals surface area contributed by atoms with Crippen LogP contribution in [0.4, 0.5) is 0 Å². The molecule has 1 amide bonds. The third-order valence-electron chi connectivity index (χ3n) is 3.29. The van der Waals surface area contributed by atoms with Crippen molar-refractivity contribution in [1.82, 2.24) is 20.1 Å². The summed E-state index contributed by atoms with van der Waals surface area (Å²) < 4.78 is 0. The van der Waals surface area contributed by atoms with Gasteiger partial charge in [-0.15, -0.1) is 5.10 Å². The standard InChI is InChI=1S/C15H26N4OS/c1-10(2)7-19(8-11(3)4)13(20)9-21-15-16-14(17-18-15)12-5-6-12/h10-12H,5-9H2,1-4H3,(H,16,17,18). The van der Waals surface area contributed by atoms with Crippen LogP contribution in [0.1, 0.15) is 52.3 Å². The molecule has 1 saturated carbocycles. The largest absolute Gasteiger partial charge is 0.341 e. The van der Waals surface area contributed by atoms with Crippen LogP contribution in [0.5, 0.6) is 0 Å². The van der Waals surface area contributed by atoms with Crippen molar-refractivity contribution in [3.05, 3.63) is 5.82 Å². The van der Waals surface area contributed by atoms with Crippen molar-refractivity contribution in [2.45, 2.75) is 51.6 Å². The van der Waals surface area contributed by atoms with E-state index < -0.39 is 0 Å². The van der Waals surface area contributed by atoms with Gasteiger partial charge in [-0.25, -0.2) is 4.98 Å². The lowest BCUT2D eigenvalue weighted by Gasteiger charge is -2.26. The number of H-pyrrole nitrogens is 1. The van der Waals surface area contributed by atoms with Gasteiger partial charge in [0.15, 0.2) is 0 Å². The Kier molecular flexibility index (Phi) is 5.67. The molecule has 6 heteroatoms. The van der Waals surface area contributed by atoms with Crippen LogP contribution in [0.25, 0.3) is 0 Å². The van der Waals surface area contributed by atoms with Crippen molar-refractivity contribution in [1.29, 1.82) is 0 Å². The van der Waals surface area contributed by atoms with Gasteiger partial charge in [-0.1, -0.05) is 39.5 Å². The molecule has 0 bridgehead atoms. The monoisotopic (exact) mass is 310 g/mol. The fraction of sp³-hybridized carbons (Fsp3) is 0.800. The van der Waals surface area contributed by atoms with Gasteiger partial charge < -0.3 is 4.90 Å². The van der Waals surface area contributed by atoms with Crippen molar-refractivity contribution in [3.8, 4) is 0 Å². The lowest BCUT2D eigenvalue weighted by molar-refractivity contribution is -0.129. The van der Waals surface area contributed by atoms with Crippen LogP contribution >= 0.6 is 11.8 Å². The Bertz CT molecular complexity index is 458. The molecule has 2 rings (SSSR count). The maximum absolute atomic E-state index is 12.4. The summed E-state index contributed by atoms with van der Waals surface area (Å²) in [5.41, 5.74) is 0. The van der Waals surface area contributed by atoms with Gasteiger partial charge in [0.05, 0.1) is 5.75 Å². The van der Waals surface area contributed by atoms with E-state index in [9.17, 15) is 4.79 Å². The molecule has 1 aliphatic rings. The third-order valence-corrected chi connectivity index (χ3v) is 4.13. The summed E-state index contributed by atoms with van der Waals surface area (Å²) in [6.07, 6.45) is 2.41. The molecule has 21 heavy (non-hydrogen) atoms. The molecule has 1 aromatic heterocycles. The van der Waals surface area contributed by atoms with E-state index in [2.05, 4.69) is 42.9 Å². The van der Waals surface area contributed by atoms with Crippen LogP contribution in [-0.4, -0.2) is 44.8 Å². The Balaban J connectivity index is 1.84. The van der Waals surface area contributed by atoms with Gasteiger partial charge >= 0.3 is 0 Å². The SMILES string of the molecule is CC(C)CN(CC(C)C)C(=O)CSc1n[nH]c(C2CC2)n1. The molecule has 0 atom stereocenters. The quantitative estimate of drug-likeness (QED) is 0.750. The maximum Gasteiger partial charge on any atom is 0.233 e. The number of aromatic nitrogens is 3. The average Bonchev–Trinajstić information content (AvgIpc) is 3.13. The molecule has 118 valence electrons. The summed E-state index contributed by atoms with van der Waals surface area (Å²) in [5, 5.41) is 7.86. The number of amides is 1. The minimum atomic E-state index is 0.181. The second-order valence-corrected chi connectivity index (χ2v) is 7.60. The number of carbonyl (C=O) groups excluding carboxylic acids is 1. The van der Waals surface area contributed by atoms with E-state index in [0.717, 1.165) is 18.9 Å². The lowest BCUT2D eigenvalue weighted by atomic mass is 10.1. The highest BCUT2D eigenvalue weighted by atomic mass is 32.2. The number of thioether (sulfide) groups is 1. The molecule has 1 aromatic rings. The first kappa shape index (κ1) is 16.3. The van der Waals surface area contributed by atoms with Crippen molar-refractivity contribution in [3.63, 3.8) is 0 Å². The zero-order valence-corrected chi connectivity index (χ0v) is 14.2. The predicted octanol–water partition coefficient (Wildman–Crippen LogP) is 2.91. The summed E-state index contributed by atoms with van der Waals surface area (Å²) in [6, 6.07) is 0. The topological polar surface area (TPSA) is 61.9 Å². The zero-order chi connectivity index (χ0) is 15.4. The number of carbonyl (C=O) groups is 1. The van der Waals surface area contributed by atoms with Crippen LogP contribution in [0.15, 0.2) is 5.16 Å². The number of rotatable bonds is 8. The van der Waals surface area contributed by atoms with Crippen molar-refractivity contribution >= 4 is 17.7 Å². The van der Waals surface area contributed by atoms with Crippen LogP contribution < -0.4 is 0 Å². The molecule has 5 nitrogen and oxygen atoms in total. The molecule has 0 unspecified atom stereocenters. The summed E-state index contributed by atoms with van der Waals surface area (Å²) >= 11 is 1.43. The van der Waals surface area contributed by atoms with Gasteiger partial charge in [0.1, 0.15) is 5.82 Å². The first-order chi connectivity index (χ1) is 9.95. The summed E-state index contributed by atoms with van der Waals surface area (Å²) in [4.78, 5) is 18.8. The fourth-order valence-corrected chi connectivity index (χ4v) is 2.95. The Hall–Kier alpha value is -1.04. The molecular weight excluding hydrogens is 284 g/mol. The van der Waals surface area contributed by atoms with Crippen molar-refractivity contribution in [2.24, 2.45) is 11.8 Å². The van der Waals surface area contributed by atoms with Crippen LogP contribution in [-0.2, 0) is 4.79 Å². The molecule has 0 radical (unpaired) electrons. The van der Waals surface area contributed by atoms with Crippen molar-refractivity contribution < 1.29 is 4.79 Å². The number of hydrogen-bond acceptors (Lipinski definition) is 4. The van der Waals surface area contributed by atoms with Gasteiger partial charge in [-0.2, -0.15) is 0 Å².